The molecule has 184 valence electrons. The van der Waals surface area contributed by atoms with Crippen LogP contribution in [0.1, 0.15) is 26.3 Å². The van der Waals surface area contributed by atoms with Gasteiger partial charge in [0, 0.05) is 33.2 Å². The van der Waals surface area contributed by atoms with Gasteiger partial charge in [0.2, 0.25) is 0 Å². The second-order valence-corrected chi connectivity index (χ2v) is 8.53. The van der Waals surface area contributed by atoms with E-state index in [2.05, 4.69) is 15.6 Å². The number of rotatable bonds is 5. The Kier molecular flexibility index (Phi) is 5.81. The van der Waals surface area contributed by atoms with Gasteiger partial charge < -0.3 is 21.1 Å². The number of halogens is 1. The third kappa shape index (κ3) is 4.34. The van der Waals surface area contributed by atoms with E-state index in [1.54, 1.807) is 42.5 Å². The molecule has 0 aliphatic heterocycles. The van der Waals surface area contributed by atoms with Crippen LogP contribution in [0.25, 0.3) is 32.9 Å². The molecule has 5 aromatic rings. The molecule has 4 aromatic carbocycles. The topological polar surface area (TPSA) is 137 Å². The summed E-state index contributed by atoms with van der Waals surface area (Å²) in [6.07, 6.45) is -1.19. The van der Waals surface area contributed by atoms with E-state index < -0.39 is 17.8 Å². The van der Waals surface area contributed by atoms with E-state index in [0.717, 1.165) is 27.5 Å². The molecule has 6 N–H and O–H groups in total. The fourth-order valence-electron chi connectivity index (χ4n) is 4.50. The number of hydrogen-bond acceptors (Lipinski definition) is 3. The number of hydrogen-bond donors (Lipinski definition) is 5. The van der Waals surface area contributed by atoms with Crippen molar-refractivity contribution >= 4 is 51.1 Å². The maximum Gasteiger partial charge on any atom is 0.409 e. The van der Waals surface area contributed by atoms with Gasteiger partial charge in [-0.15, -0.1) is 0 Å². The largest absolute Gasteiger partial charge is 0.465 e. The van der Waals surface area contributed by atoms with E-state index in [9.17, 15) is 18.8 Å². The molecule has 0 aliphatic rings. The van der Waals surface area contributed by atoms with Gasteiger partial charge in [0.25, 0.3) is 11.8 Å². The number of aromatic nitrogens is 1. The number of nitrogens with two attached hydrogens (primary N) is 1. The Morgan fingerprint density at radius 1 is 0.919 bits per heavy atom. The van der Waals surface area contributed by atoms with Crippen LogP contribution >= 0.6 is 0 Å². The average Bonchev–Trinajstić information content (AvgIpc) is 3.23. The average molecular weight is 496 g/mol. The first-order chi connectivity index (χ1) is 17.7. The van der Waals surface area contributed by atoms with Gasteiger partial charge in [0.15, 0.2) is 0 Å². The Morgan fingerprint density at radius 2 is 1.68 bits per heavy atom. The highest BCUT2D eigenvalue weighted by atomic mass is 19.1. The first kappa shape index (κ1) is 23.6. The number of carbonyl (C=O) groups excluding carboxylic acids is 2. The first-order valence-electron chi connectivity index (χ1n) is 11.3. The lowest BCUT2D eigenvalue weighted by Crippen LogP contribution is -2.13. The van der Waals surface area contributed by atoms with Gasteiger partial charge in [0.05, 0.1) is 11.1 Å². The van der Waals surface area contributed by atoms with Crippen molar-refractivity contribution in [3.8, 4) is 11.1 Å². The highest BCUT2D eigenvalue weighted by Gasteiger charge is 2.19. The second kappa shape index (κ2) is 9.12. The van der Waals surface area contributed by atoms with Crippen LogP contribution in [-0.2, 0) is 0 Å². The smallest absolute Gasteiger partial charge is 0.409 e. The molecule has 0 atom stereocenters. The Balaban J connectivity index is 1.65. The molecule has 0 radical (unpaired) electrons. The van der Waals surface area contributed by atoms with Crippen molar-refractivity contribution in [2.75, 3.05) is 10.6 Å². The highest BCUT2D eigenvalue weighted by Crippen LogP contribution is 2.39. The minimum absolute atomic E-state index is 0.293. The van der Waals surface area contributed by atoms with E-state index >= 15 is 0 Å². The number of carboxylic acid groups (broad SMARTS) is 1. The summed E-state index contributed by atoms with van der Waals surface area (Å²) >= 11 is 0. The van der Waals surface area contributed by atoms with Crippen molar-refractivity contribution in [2.45, 2.75) is 6.92 Å². The summed E-state index contributed by atoms with van der Waals surface area (Å²) in [5, 5.41) is 15.8. The minimum atomic E-state index is -1.19. The van der Waals surface area contributed by atoms with Crippen molar-refractivity contribution in [3.63, 3.8) is 0 Å². The number of nitrogens with one attached hydrogen (secondary N) is 3. The lowest BCUT2D eigenvalue weighted by Gasteiger charge is -2.15. The van der Waals surface area contributed by atoms with Gasteiger partial charge in [-0.05, 0) is 72.1 Å². The van der Waals surface area contributed by atoms with Gasteiger partial charge >= 0.3 is 6.09 Å². The number of H-pyrrole nitrogens is 1. The van der Waals surface area contributed by atoms with Crippen LogP contribution in [0.4, 0.5) is 20.6 Å². The maximum absolute atomic E-state index is 13.3. The third-order valence-corrected chi connectivity index (χ3v) is 6.25. The molecule has 1 aromatic heterocycles. The van der Waals surface area contributed by atoms with Crippen LogP contribution < -0.4 is 16.4 Å². The van der Waals surface area contributed by atoms with Gasteiger partial charge in [0.1, 0.15) is 5.82 Å². The molecule has 0 unspecified atom stereocenters. The Bertz CT molecular complexity index is 1720. The van der Waals surface area contributed by atoms with Crippen LogP contribution in [0.5, 0.6) is 0 Å². The van der Waals surface area contributed by atoms with Crippen molar-refractivity contribution < 1.29 is 23.9 Å². The second-order valence-electron chi connectivity index (χ2n) is 8.53. The number of primary amides is 1. The van der Waals surface area contributed by atoms with E-state index in [1.165, 1.54) is 24.3 Å². The van der Waals surface area contributed by atoms with Crippen molar-refractivity contribution in [1.82, 2.24) is 4.98 Å². The number of fused-ring (bicyclic) bond motifs is 3. The van der Waals surface area contributed by atoms with Crippen LogP contribution in [0.2, 0.25) is 0 Å². The molecule has 0 fully saturated rings. The summed E-state index contributed by atoms with van der Waals surface area (Å²) in [6, 6.07) is 19.2. The van der Waals surface area contributed by atoms with Crippen LogP contribution in [-0.4, -0.2) is 28.0 Å². The van der Waals surface area contributed by atoms with Crippen molar-refractivity contribution in [2.24, 2.45) is 5.73 Å². The van der Waals surface area contributed by atoms with Crippen LogP contribution in [0, 0.1) is 12.7 Å². The zero-order valence-corrected chi connectivity index (χ0v) is 19.6. The molecule has 0 spiro atoms. The molecule has 1 heterocycles. The lowest BCUT2D eigenvalue weighted by atomic mass is 9.93. The Hall–Kier alpha value is -5.18. The Morgan fingerprint density at radius 3 is 2.38 bits per heavy atom. The molecular weight excluding hydrogens is 475 g/mol. The lowest BCUT2D eigenvalue weighted by molar-refractivity contribution is 0.0998. The van der Waals surface area contributed by atoms with E-state index in [1.807, 2.05) is 13.0 Å². The molecule has 0 aliphatic carbocycles. The van der Waals surface area contributed by atoms with E-state index in [-0.39, 0.29) is 5.91 Å². The van der Waals surface area contributed by atoms with Crippen LogP contribution in [0.15, 0.2) is 72.8 Å². The molecule has 8 nitrogen and oxygen atoms in total. The molecule has 0 saturated carbocycles. The monoisotopic (exact) mass is 496 g/mol. The third-order valence-electron chi connectivity index (χ3n) is 6.25. The van der Waals surface area contributed by atoms with Gasteiger partial charge in [-0.25, -0.2) is 9.18 Å². The Labute approximate surface area is 209 Å². The molecule has 9 heteroatoms. The summed E-state index contributed by atoms with van der Waals surface area (Å²) in [7, 11) is 0. The zero-order chi connectivity index (χ0) is 26.3. The van der Waals surface area contributed by atoms with Crippen molar-refractivity contribution in [1.29, 1.82) is 0 Å². The number of aromatic amines is 1. The molecule has 37 heavy (non-hydrogen) atoms. The summed E-state index contributed by atoms with van der Waals surface area (Å²) in [4.78, 5) is 39.2. The van der Waals surface area contributed by atoms with Crippen molar-refractivity contribution in [3.05, 3.63) is 95.3 Å². The maximum atomic E-state index is 13.3. The highest BCUT2D eigenvalue weighted by molar-refractivity contribution is 6.20. The number of carbonyl (C=O) groups is 3. The van der Waals surface area contributed by atoms with Gasteiger partial charge in [-0.3, -0.25) is 14.9 Å². The first-order valence-corrected chi connectivity index (χ1v) is 11.3. The number of benzene rings is 4. The molecule has 0 bridgehead atoms. The van der Waals surface area contributed by atoms with Gasteiger partial charge in [-0.2, -0.15) is 0 Å². The predicted octanol–water partition coefficient (Wildman–Crippen LogP) is 5.88. The molecular formula is C28H21FN4O4. The van der Waals surface area contributed by atoms with Gasteiger partial charge in [-0.1, -0.05) is 24.3 Å². The normalized spacial score (nSPS) is 11.0. The summed E-state index contributed by atoms with van der Waals surface area (Å²) in [5.74, 6) is -1.41. The molecule has 3 amide bonds. The quantitative estimate of drug-likeness (QED) is 0.208. The summed E-state index contributed by atoms with van der Waals surface area (Å²) < 4.78 is 13.3. The standard InChI is InChI=1S/C28H21FN4O4/c1-14-18(3-2-4-22(14)33-27(35)15-5-7-16(29)8-6-15)19-11-12-21(26(30)34)25-24(19)20-10-9-17(31-28(36)37)13-23(20)32-25/h2-13,31-32H,1H3,(H2,30,34)(H,33,35)(H,36,37). The predicted molar refractivity (Wildman–Crippen MR) is 140 cm³/mol. The summed E-state index contributed by atoms with van der Waals surface area (Å²) in [5.41, 5.74) is 10.7. The van der Waals surface area contributed by atoms with Crippen LogP contribution in [0.3, 0.4) is 0 Å². The summed E-state index contributed by atoms with van der Waals surface area (Å²) in [6.45, 7) is 1.87. The fourth-order valence-corrected chi connectivity index (χ4v) is 4.50. The molecule has 0 saturated heterocycles. The fraction of sp³-hybridized carbons (Fsp3) is 0.0357. The van der Waals surface area contributed by atoms with E-state index in [0.29, 0.717) is 33.5 Å². The van der Waals surface area contributed by atoms with E-state index in [4.69, 9.17) is 10.8 Å². The molecule has 5 rings (SSSR count). The zero-order valence-electron chi connectivity index (χ0n) is 19.6. The number of anilines is 2. The number of amides is 3. The SMILES string of the molecule is Cc1c(NC(=O)c2ccc(F)cc2)cccc1-c1ccc(C(N)=O)c2[nH]c3cc(NC(=O)O)ccc3c12. The minimum Gasteiger partial charge on any atom is -0.465 e.